The van der Waals surface area contributed by atoms with E-state index in [-0.39, 0.29) is 24.8 Å². The normalized spacial score (nSPS) is 11.8. The lowest BCUT2D eigenvalue weighted by molar-refractivity contribution is -0.143. The molecule has 0 unspecified atom stereocenters. The van der Waals surface area contributed by atoms with Crippen LogP contribution in [0.1, 0.15) is 36.1 Å². The lowest BCUT2D eigenvalue weighted by atomic mass is 10.1. The van der Waals surface area contributed by atoms with Crippen molar-refractivity contribution in [2.75, 3.05) is 6.61 Å². The highest BCUT2D eigenvalue weighted by Crippen LogP contribution is 2.23. The molecule has 0 spiro atoms. The maximum atomic E-state index is 12.6. The van der Waals surface area contributed by atoms with Gasteiger partial charge >= 0.3 is 5.97 Å². The molecule has 1 aromatic heterocycles. The van der Waals surface area contributed by atoms with Crippen molar-refractivity contribution in [3.8, 4) is 0 Å². The van der Waals surface area contributed by atoms with Gasteiger partial charge < -0.3 is 9.30 Å². The van der Waals surface area contributed by atoms with Gasteiger partial charge in [0.05, 0.1) is 23.2 Å². The van der Waals surface area contributed by atoms with Crippen molar-refractivity contribution in [1.82, 2.24) is 4.57 Å². The topological polar surface area (TPSA) is 60.7 Å². The summed E-state index contributed by atoms with van der Waals surface area (Å²) in [5.74, 6) is -0.566. The Bertz CT molecular complexity index is 1110. The molecule has 0 atom stereocenters. The Hall–Kier alpha value is -2.73. The van der Waals surface area contributed by atoms with E-state index in [0.717, 1.165) is 33.3 Å². The molecular formula is C23H26N2O3S. The summed E-state index contributed by atoms with van der Waals surface area (Å²) >= 11 is 1.43. The van der Waals surface area contributed by atoms with Gasteiger partial charge in [0.1, 0.15) is 6.54 Å². The smallest absolute Gasteiger partial charge is 0.326 e. The van der Waals surface area contributed by atoms with Crippen LogP contribution < -0.4 is 4.80 Å². The molecule has 5 nitrogen and oxygen atoms in total. The molecule has 0 radical (unpaired) electrons. The van der Waals surface area contributed by atoms with E-state index in [1.165, 1.54) is 16.9 Å². The first kappa shape index (κ1) is 21.0. The fourth-order valence-corrected chi connectivity index (χ4v) is 4.40. The van der Waals surface area contributed by atoms with Gasteiger partial charge in [-0.1, -0.05) is 48.6 Å². The Morgan fingerprint density at radius 1 is 1.07 bits per heavy atom. The molecule has 1 heterocycles. The highest BCUT2D eigenvalue weighted by Gasteiger charge is 2.14. The molecule has 152 valence electrons. The molecule has 3 aromatic rings. The monoisotopic (exact) mass is 410 g/mol. The van der Waals surface area contributed by atoms with E-state index in [4.69, 9.17) is 4.74 Å². The highest BCUT2D eigenvalue weighted by atomic mass is 32.1. The first-order valence-electron chi connectivity index (χ1n) is 9.82. The molecule has 0 saturated heterocycles. The summed E-state index contributed by atoms with van der Waals surface area (Å²) in [5, 5.41) is 0. The number of aryl methyl sites for hydroxylation is 3. The molecular weight excluding hydrogens is 384 g/mol. The molecule has 0 bridgehead atoms. The number of carbonyl (C=O) groups is 2. The van der Waals surface area contributed by atoms with Crippen LogP contribution >= 0.6 is 11.3 Å². The van der Waals surface area contributed by atoms with E-state index >= 15 is 0 Å². The maximum absolute atomic E-state index is 12.6. The van der Waals surface area contributed by atoms with Crippen LogP contribution in [-0.4, -0.2) is 23.1 Å². The Labute approximate surface area is 174 Å². The highest BCUT2D eigenvalue weighted by molar-refractivity contribution is 7.16. The first-order chi connectivity index (χ1) is 13.9. The number of amides is 1. The standard InChI is InChI=1S/C23H26N2O3S/c1-5-17-7-9-18(10-8-17)13-20(26)24-23-25(14-21(27)28-6-2)19-12-15(3)11-16(4)22(19)29-23/h7-12H,5-6,13-14H2,1-4H3. The number of thiazole rings is 1. The van der Waals surface area contributed by atoms with Crippen molar-refractivity contribution in [2.24, 2.45) is 4.99 Å². The van der Waals surface area contributed by atoms with Crippen LogP contribution in [-0.2, 0) is 33.7 Å². The molecule has 29 heavy (non-hydrogen) atoms. The number of aromatic nitrogens is 1. The summed E-state index contributed by atoms with van der Waals surface area (Å²) in [5.41, 5.74) is 5.27. The third-order valence-electron chi connectivity index (χ3n) is 4.71. The van der Waals surface area contributed by atoms with E-state index in [1.807, 2.05) is 44.2 Å². The second kappa shape index (κ2) is 9.18. The number of benzene rings is 2. The predicted molar refractivity (Wildman–Crippen MR) is 116 cm³/mol. The molecule has 0 aliphatic carbocycles. The zero-order chi connectivity index (χ0) is 21.0. The molecule has 0 fully saturated rings. The van der Waals surface area contributed by atoms with Crippen LogP contribution in [0.25, 0.3) is 10.2 Å². The molecule has 0 N–H and O–H groups in total. The third kappa shape index (κ3) is 5.01. The Morgan fingerprint density at radius 3 is 2.41 bits per heavy atom. The summed E-state index contributed by atoms with van der Waals surface area (Å²) < 4.78 is 7.93. The van der Waals surface area contributed by atoms with Gasteiger partial charge in [-0.3, -0.25) is 9.59 Å². The van der Waals surface area contributed by atoms with Crippen LogP contribution in [0.5, 0.6) is 0 Å². The van der Waals surface area contributed by atoms with Crippen molar-refractivity contribution in [3.05, 3.63) is 63.5 Å². The summed E-state index contributed by atoms with van der Waals surface area (Å²) in [6, 6.07) is 12.1. The van der Waals surface area contributed by atoms with Crippen molar-refractivity contribution in [1.29, 1.82) is 0 Å². The van der Waals surface area contributed by atoms with Gasteiger partial charge in [-0.15, -0.1) is 0 Å². The number of fused-ring (bicyclic) bond motifs is 1. The quantitative estimate of drug-likeness (QED) is 0.575. The van der Waals surface area contributed by atoms with Gasteiger partial charge in [0.15, 0.2) is 4.80 Å². The van der Waals surface area contributed by atoms with E-state index in [1.54, 1.807) is 11.5 Å². The minimum absolute atomic E-state index is 0.0358. The molecule has 1 amide bonds. The van der Waals surface area contributed by atoms with Crippen LogP contribution in [0, 0.1) is 13.8 Å². The van der Waals surface area contributed by atoms with Crippen molar-refractivity contribution < 1.29 is 14.3 Å². The summed E-state index contributed by atoms with van der Waals surface area (Å²) in [4.78, 5) is 29.7. The van der Waals surface area contributed by atoms with E-state index in [0.29, 0.717) is 11.4 Å². The Morgan fingerprint density at radius 2 is 1.76 bits per heavy atom. The number of hydrogen-bond donors (Lipinski definition) is 0. The van der Waals surface area contributed by atoms with Crippen molar-refractivity contribution in [2.45, 2.75) is 47.1 Å². The van der Waals surface area contributed by atoms with E-state index in [2.05, 4.69) is 18.0 Å². The number of nitrogens with zero attached hydrogens (tertiary/aromatic N) is 2. The Kier molecular flexibility index (Phi) is 6.64. The lowest BCUT2D eigenvalue weighted by Crippen LogP contribution is -2.23. The van der Waals surface area contributed by atoms with Gasteiger partial charge in [0, 0.05) is 0 Å². The molecule has 3 rings (SSSR count). The molecule has 0 saturated carbocycles. The van der Waals surface area contributed by atoms with E-state index < -0.39 is 0 Å². The number of ether oxygens (including phenoxy) is 1. The molecule has 0 aliphatic rings. The molecule has 0 aliphatic heterocycles. The van der Waals surface area contributed by atoms with Gasteiger partial charge in [-0.2, -0.15) is 4.99 Å². The van der Waals surface area contributed by atoms with Crippen LogP contribution in [0.4, 0.5) is 0 Å². The second-order valence-corrected chi connectivity index (χ2v) is 8.04. The van der Waals surface area contributed by atoms with Gasteiger partial charge in [0.25, 0.3) is 5.91 Å². The fourth-order valence-electron chi connectivity index (χ4n) is 3.30. The zero-order valence-corrected chi connectivity index (χ0v) is 18.1. The second-order valence-electron chi connectivity index (χ2n) is 7.06. The average Bonchev–Trinajstić information content (AvgIpc) is 3.00. The summed E-state index contributed by atoms with van der Waals surface area (Å²) in [6.45, 7) is 8.28. The van der Waals surface area contributed by atoms with Gasteiger partial charge in [-0.05, 0) is 55.5 Å². The zero-order valence-electron chi connectivity index (χ0n) is 17.3. The van der Waals surface area contributed by atoms with Crippen LogP contribution in [0.15, 0.2) is 41.4 Å². The predicted octanol–water partition coefficient (Wildman–Crippen LogP) is 4.12. The van der Waals surface area contributed by atoms with Gasteiger partial charge in [0.2, 0.25) is 0 Å². The fraction of sp³-hybridized carbons (Fsp3) is 0.348. The van der Waals surface area contributed by atoms with Crippen LogP contribution in [0.3, 0.4) is 0 Å². The first-order valence-corrected chi connectivity index (χ1v) is 10.6. The van der Waals surface area contributed by atoms with Gasteiger partial charge in [-0.25, -0.2) is 0 Å². The molecule has 2 aromatic carbocycles. The minimum Gasteiger partial charge on any atom is -0.465 e. The van der Waals surface area contributed by atoms with Crippen molar-refractivity contribution in [3.63, 3.8) is 0 Å². The van der Waals surface area contributed by atoms with E-state index in [9.17, 15) is 9.59 Å². The maximum Gasteiger partial charge on any atom is 0.326 e. The molecule has 6 heteroatoms. The summed E-state index contributed by atoms with van der Waals surface area (Å²) in [6.07, 6.45) is 1.20. The summed E-state index contributed by atoms with van der Waals surface area (Å²) in [7, 11) is 0. The number of rotatable bonds is 6. The largest absolute Gasteiger partial charge is 0.465 e. The van der Waals surface area contributed by atoms with Crippen molar-refractivity contribution >= 4 is 33.4 Å². The SMILES string of the molecule is CCOC(=O)Cn1c(=NC(=O)Cc2ccc(CC)cc2)sc2c(C)cc(C)cc21. The lowest BCUT2D eigenvalue weighted by Gasteiger charge is -2.06. The number of esters is 1. The minimum atomic E-state index is -0.338. The Balaban J connectivity index is 2.00. The van der Waals surface area contributed by atoms with Crippen LogP contribution in [0.2, 0.25) is 0 Å². The third-order valence-corrected chi connectivity index (χ3v) is 5.94. The number of carbonyl (C=O) groups excluding carboxylic acids is 2. The average molecular weight is 411 g/mol. The number of hydrogen-bond acceptors (Lipinski definition) is 4.